The number of fused-ring (bicyclic) bond motifs is 1. The van der Waals surface area contributed by atoms with Gasteiger partial charge in [0, 0.05) is 33.6 Å². The van der Waals surface area contributed by atoms with Crippen LogP contribution in [0.1, 0.15) is 0 Å². The molecule has 0 aliphatic heterocycles. The quantitative estimate of drug-likeness (QED) is 0.458. The molecule has 1 aromatic heterocycles. The van der Waals surface area contributed by atoms with E-state index in [9.17, 15) is 10.1 Å². The number of halogens is 2. The molecule has 0 bridgehead atoms. The van der Waals surface area contributed by atoms with Gasteiger partial charge in [0.05, 0.1) is 4.92 Å². The van der Waals surface area contributed by atoms with Crippen LogP contribution in [0.25, 0.3) is 10.8 Å². The maximum atomic E-state index is 10.6. The van der Waals surface area contributed by atoms with Crippen molar-refractivity contribution in [3.8, 4) is 0 Å². The van der Waals surface area contributed by atoms with E-state index >= 15 is 0 Å². The number of non-ortho nitro benzene ring substituents is 1. The number of hydrogen-bond donors (Lipinski definition) is 0. The molecule has 0 saturated carbocycles. The highest BCUT2D eigenvalue weighted by atomic mass is 79.9. The van der Waals surface area contributed by atoms with Gasteiger partial charge in [0.15, 0.2) is 0 Å². The van der Waals surface area contributed by atoms with Gasteiger partial charge >= 0.3 is 0 Å². The van der Waals surface area contributed by atoms with Crippen LogP contribution in [0.5, 0.6) is 0 Å². The summed E-state index contributed by atoms with van der Waals surface area (Å²) in [6, 6.07) is 4.46. The Kier molecular flexibility index (Phi) is 2.58. The summed E-state index contributed by atoms with van der Waals surface area (Å²) in [6.07, 6.45) is 1.52. The van der Waals surface area contributed by atoms with E-state index in [0.717, 1.165) is 0 Å². The predicted octanol–water partition coefficient (Wildman–Crippen LogP) is 3.56. The molecule has 6 heteroatoms. The Hall–Kier alpha value is -1.20. The van der Waals surface area contributed by atoms with E-state index in [4.69, 9.17) is 11.6 Å². The minimum absolute atomic E-state index is 0.0328. The maximum Gasteiger partial charge on any atom is 0.270 e. The van der Waals surface area contributed by atoms with Crippen molar-refractivity contribution in [2.24, 2.45) is 0 Å². The Morgan fingerprint density at radius 1 is 1.40 bits per heavy atom. The zero-order valence-corrected chi connectivity index (χ0v) is 9.62. The second-order valence-corrected chi connectivity index (χ2v) is 4.10. The van der Waals surface area contributed by atoms with Crippen LogP contribution in [0.2, 0.25) is 5.15 Å². The van der Waals surface area contributed by atoms with Crippen LogP contribution in [0.15, 0.2) is 28.9 Å². The van der Waals surface area contributed by atoms with Gasteiger partial charge in [-0.15, -0.1) is 0 Å². The zero-order valence-electron chi connectivity index (χ0n) is 7.28. The highest BCUT2D eigenvalue weighted by molar-refractivity contribution is 9.10. The van der Waals surface area contributed by atoms with Gasteiger partial charge < -0.3 is 0 Å². The molecule has 0 amide bonds. The average molecular weight is 288 g/mol. The van der Waals surface area contributed by atoms with Gasteiger partial charge in [-0.3, -0.25) is 10.1 Å². The third-order valence-corrected chi connectivity index (χ3v) is 2.92. The highest BCUT2D eigenvalue weighted by Crippen LogP contribution is 2.30. The predicted molar refractivity (Wildman–Crippen MR) is 61.1 cm³/mol. The lowest BCUT2D eigenvalue weighted by molar-refractivity contribution is -0.384. The van der Waals surface area contributed by atoms with Gasteiger partial charge in [-0.1, -0.05) is 11.6 Å². The molecule has 15 heavy (non-hydrogen) atoms. The van der Waals surface area contributed by atoms with Crippen LogP contribution in [-0.2, 0) is 0 Å². The number of nitro benzene ring substituents is 1. The molecular formula is C9H4BrClN2O2. The van der Waals surface area contributed by atoms with Gasteiger partial charge in [0.25, 0.3) is 5.69 Å². The minimum atomic E-state index is -0.444. The van der Waals surface area contributed by atoms with Gasteiger partial charge in [-0.05, 0) is 22.0 Å². The molecule has 0 aliphatic rings. The fourth-order valence-electron chi connectivity index (χ4n) is 1.28. The Labute approximate surface area is 98.2 Å². The first-order valence-corrected chi connectivity index (χ1v) is 5.15. The molecule has 1 aromatic carbocycles. The van der Waals surface area contributed by atoms with E-state index < -0.39 is 4.92 Å². The van der Waals surface area contributed by atoms with Crippen molar-refractivity contribution >= 4 is 44.0 Å². The van der Waals surface area contributed by atoms with Crippen molar-refractivity contribution in [2.45, 2.75) is 0 Å². The van der Waals surface area contributed by atoms with Gasteiger partial charge in [-0.25, -0.2) is 4.98 Å². The van der Waals surface area contributed by atoms with E-state index in [1.807, 2.05) is 0 Å². The normalized spacial score (nSPS) is 10.5. The molecule has 0 saturated heterocycles. The molecule has 0 N–H and O–H groups in total. The van der Waals surface area contributed by atoms with E-state index in [1.165, 1.54) is 18.3 Å². The van der Waals surface area contributed by atoms with Gasteiger partial charge in [0.2, 0.25) is 0 Å². The number of aromatic nitrogens is 1. The van der Waals surface area contributed by atoms with Crippen molar-refractivity contribution in [3.63, 3.8) is 0 Å². The number of benzene rings is 1. The summed E-state index contributed by atoms with van der Waals surface area (Å²) in [5, 5.41) is 12.3. The summed E-state index contributed by atoms with van der Waals surface area (Å²) in [7, 11) is 0. The smallest absolute Gasteiger partial charge is 0.258 e. The lowest BCUT2D eigenvalue weighted by Gasteiger charge is -2.01. The molecule has 0 spiro atoms. The largest absolute Gasteiger partial charge is 0.270 e. The first-order chi connectivity index (χ1) is 7.09. The lowest BCUT2D eigenvalue weighted by Crippen LogP contribution is -1.88. The van der Waals surface area contributed by atoms with E-state index in [1.54, 1.807) is 6.07 Å². The zero-order chi connectivity index (χ0) is 11.0. The number of nitro groups is 1. The Morgan fingerprint density at radius 2 is 2.13 bits per heavy atom. The van der Waals surface area contributed by atoms with Crippen molar-refractivity contribution in [2.75, 3.05) is 0 Å². The van der Waals surface area contributed by atoms with Gasteiger partial charge in [-0.2, -0.15) is 0 Å². The molecule has 2 aromatic rings. The molecule has 0 atom stereocenters. The monoisotopic (exact) mass is 286 g/mol. The van der Waals surface area contributed by atoms with E-state index in [-0.39, 0.29) is 5.69 Å². The van der Waals surface area contributed by atoms with Crippen LogP contribution < -0.4 is 0 Å². The molecule has 0 fully saturated rings. The fourth-order valence-corrected chi connectivity index (χ4v) is 1.92. The fraction of sp³-hybridized carbons (Fsp3) is 0. The van der Waals surface area contributed by atoms with Crippen LogP contribution in [0.3, 0.4) is 0 Å². The summed E-state index contributed by atoms with van der Waals surface area (Å²) in [4.78, 5) is 14.1. The molecule has 1 heterocycles. The summed E-state index contributed by atoms with van der Waals surface area (Å²) in [6.45, 7) is 0. The molecule has 2 rings (SSSR count). The molecule has 0 unspecified atom stereocenters. The third-order valence-electron chi connectivity index (χ3n) is 1.98. The number of nitrogens with zero attached hydrogens (tertiary/aromatic N) is 2. The van der Waals surface area contributed by atoms with E-state index in [0.29, 0.717) is 20.4 Å². The summed E-state index contributed by atoms with van der Waals surface area (Å²) in [5.74, 6) is 0. The number of hydrogen-bond acceptors (Lipinski definition) is 3. The molecule has 76 valence electrons. The SMILES string of the molecule is O=[N+]([O-])c1ccc2c(Cl)ncc(Br)c2c1. The second-order valence-electron chi connectivity index (χ2n) is 2.88. The number of rotatable bonds is 1. The molecule has 0 radical (unpaired) electrons. The minimum Gasteiger partial charge on any atom is -0.258 e. The summed E-state index contributed by atoms with van der Waals surface area (Å²) in [5.41, 5.74) is 0.0328. The van der Waals surface area contributed by atoms with Crippen LogP contribution in [0.4, 0.5) is 5.69 Å². The second kappa shape index (κ2) is 3.75. The van der Waals surface area contributed by atoms with Crippen molar-refractivity contribution in [3.05, 3.63) is 44.1 Å². The van der Waals surface area contributed by atoms with Gasteiger partial charge in [0.1, 0.15) is 5.15 Å². The van der Waals surface area contributed by atoms with Crippen molar-refractivity contribution in [1.82, 2.24) is 4.98 Å². The lowest BCUT2D eigenvalue weighted by atomic mass is 10.1. The topological polar surface area (TPSA) is 56.0 Å². The molecular weight excluding hydrogens is 283 g/mol. The van der Waals surface area contributed by atoms with Crippen LogP contribution in [-0.4, -0.2) is 9.91 Å². The molecule has 0 aliphatic carbocycles. The summed E-state index contributed by atoms with van der Waals surface area (Å²) >= 11 is 9.13. The van der Waals surface area contributed by atoms with Crippen molar-refractivity contribution in [1.29, 1.82) is 0 Å². The standard InChI is InChI=1S/C9H4BrClN2O2/c10-8-4-12-9(11)6-2-1-5(13(14)15)3-7(6)8/h1-4H. The third kappa shape index (κ3) is 1.80. The Balaban J connectivity index is 2.81. The average Bonchev–Trinajstić information content (AvgIpc) is 2.23. The first-order valence-electron chi connectivity index (χ1n) is 3.98. The first kappa shape index (κ1) is 10.3. The van der Waals surface area contributed by atoms with Crippen LogP contribution in [0, 0.1) is 10.1 Å². The van der Waals surface area contributed by atoms with E-state index in [2.05, 4.69) is 20.9 Å². The Morgan fingerprint density at radius 3 is 2.80 bits per heavy atom. The summed E-state index contributed by atoms with van der Waals surface area (Å²) < 4.78 is 0.686. The van der Waals surface area contributed by atoms with Crippen LogP contribution >= 0.6 is 27.5 Å². The number of pyridine rings is 1. The highest BCUT2D eigenvalue weighted by Gasteiger charge is 2.10. The van der Waals surface area contributed by atoms with Crippen molar-refractivity contribution < 1.29 is 4.92 Å². The Bertz CT molecular complexity index is 559. The maximum absolute atomic E-state index is 10.6. The molecule has 4 nitrogen and oxygen atoms in total.